The van der Waals surface area contributed by atoms with Crippen molar-refractivity contribution < 1.29 is 17.9 Å². The highest BCUT2D eigenvalue weighted by Gasteiger charge is 2.26. The molecule has 0 aliphatic rings. The molecule has 0 saturated heterocycles. The minimum absolute atomic E-state index is 0. The fourth-order valence-corrected chi connectivity index (χ4v) is 1.46. The summed E-state index contributed by atoms with van der Waals surface area (Å²) in [6, 6.07) is 3.50. The molecule has 0 bridgehead atoms. The van der Waals surface area contributed by atoms with Crippen LogP contribution in [-0.2, 0) is 6.54 Å². The number of hydrogen-bond donors (Lipinski definition) is 2. The summed E-state index contributed by atoms with van der Waals surface area (Å²) in [5.41, 5.74) is 0.837. The van der Waals surface area contributed by atoms with Crippen LogP contribution in [0.5, 0.6) is 5.88 Å². The third-order valence-corrected chi connectivity index (χ3v) is 2.47. The Labute approximate surface area is 144 Å². The summed E-state index contributed by atoms with van der Waals surface area (Å²) < 4.78 is 41.2. The van der Waals surface area contributed by atoms with Crippen molar-refractivity contribution in [3.63, 3.8) is 0 Å². The van der Waals surface area contributed by atoms with Gasteiger partial charge in [-0.3, -0.25) is 0 Å². The van der Waals surface area contributed by atoms with Gasteiger partial charge in [0.25, 0.3) is 0 Å². The largest absolute Gasteiger partial charge is 0.481 e. The van der Waals surface area contributed by atoms with E-state index in [9.17, 15) is 13.2 Å². The Kier molecular flexibility index (Phi) is 9.86. The maximum atomic E-state index is 12.1. The van der Waals surface area contributed by atoms with E-state index in [0.717, 1.165) is 5.56 Å². The van der Waals surface area contributed by atoms with Crippen molar-refractivity contribution in [1.82, 2.24) is 15.6 Å². The van der Waals surface area contributed by atoms with Gasteiger partial charge in [-0.25, -0.2) is 9.98 Å². The van der Waals surface area contributed by atoms with Gasteiger partial charge in [0, 0.05) is 25.4 Å². The Morgan fingerprint density at radius 2 is 2.05 bits per heavy atom. The zero-order valence-corrected chi connectivity index (χ0v) is 14.7. The monoisotopic (exact) mass is 432 g/mol. The number of pyridine rings is 1. The molecule has 0 aromatic carbocycles. The van der Waals surface area contributed by atoms with Gasteiger partial charge in [-0.05, 0) is 12.5 Å². The predicted octanol–water partition coefficient (Wildman–Crippen LogP) is 2.72. The molecule has 0 spiro atoms. The van der Waals surface area contributed by atoms with E-state index in [2.05, 4.69) is 20.6 Å². The highest BCUT2D eigenvalue weighted by molar-refractivity contribution is 14.0. The first-order valence-corrected chi connectivity index (χ1v) is 6.52. The summed E-state index contributed by atoms with van der Waals surface area (Å²) in [7, 11) is 1.52. The number of hydrogen-bond acceptors (Lipinski definition) is 3. The highest BCUT2D eigenvalue weighted by atomic mass is 127. The van der Waals surface area contributed by atoms with Crippen molar-refractivity contribution in [1.29, 1.82) is 0 Å². The van der Waals surface area contributed by atoms with Gasteiger partial charge < -0.3 is 15.4 Å². The molecule has 126 valence electrons. The van der Waals surface area contributed by atoms with Crippen LogP contribution in [0.2, 0.25) is 0 Å². The summed E-state index contributed by atoms with van der Waals surface area (Å²) in [6.07, 6.45) is -3.46. The number of aromatic nitrogens is 1. The Morgan fingerprint density at radius 3 is 2.55 bits per heavy atom. The van der Waals surface area contributed by atoms with Crippen LogP contribution >= 0.6 is 24.0 Å². The van der Waals surface area contributed by atoms with E-state index < -0.39 is 12.6 Å². The molecular weight excluding hydrogens is 412 g/mol. The molecule has 5 nitrogen and oxygen atoms in total. The van der Waals surface area contributed by atoms with Gasteiger partial charge in [-0.2, -0.15) is 13.2 Å². The van der Waals surface area contributed by atoms with Gasteiger partial charge in [0.1, 0.15) is 0 Å². The van der Waals surface area contributed by atoms with Crippen LogP contribution in [0.25, 0.3) is 0 Å². The standard InChI is InChI=1S/C13H19F3N4O.HI/c1-3-17-12(18-7-6-13(14,15)16)20-9-10-4-5-11(21-2)19-8-10;/h4-5,8H,3,6-7,9H2,1-2H3,(H2,17,18,20);1H. The molecule has 0 atom stereocenters. The first-order chi connectivity index (χ1) is 9.94. The molecule has 1 heterocycles. The van der Waals surface area contributed by atoms with Crippen molar-refractivity contribution in [2.45, 2.75) is 26.1 Å². The second-order valence-electron chi connectivity index (χ2n) is 4.20. The smallest absolute Gasteiger partial charge is 0.390 e. The van der Waals surface area contributed by atoms with Crippen LogP contribution < -0.4 is 15.4 Å². The number of rotatable bonds is 6. The van der Waals surface area contributed by atoms with Crippen molar-refractivity contribution in [3.05, 3.63) is 23.9 Å². The first kappa shape index (κ1) is 20.7. The predicted molar refractivity (Wildman–Crippen MR) is 89.7 cm³/mol. The van der Waals surface area contributed by atoms with E-state index in [0.29, 0.717) is 24.9 Å². The highest BCUT2D eigenvalue weighted by Crippen LogP contribution is 2.18. The van der Waals surface area contributed by atoms with Gasteiger partial charge >= 0.3 is 6.18 Å². The van der Waals surface area contributed by atoms with Gasteiger partial charge in [0.05, 0.1) is 20.1 Å². The molecule has 0 saturated carbocycles. The molecule has 1 aromatic heterocycles. The number of nitrogens with one attached hydrogen (secondary N) is 2. The summed E-state index contributed by atoms with van der Waals surface area (Å²) in [5, 5.41) is 5.53. The topological polar surface area (TPSA) is 58.5 Å². The molecule has 0 unspecified atom stereocenters. The van der Waals surface area contributed by atoms with Crippen molar-refractivity contribution in [2.75, 3.05) is 20.2 Å². The molecule has 1 rings (SSSR count). The lowest BCUT2D eigenvalue weighted by Crippen LogP contribution is -2.38. The van der Waals surface area contributed by atoms with Gasteiger partial charge in [0.15, 0.2) is 5.96 Å². The third-order valence-electron chi connectivity index (χ3n) is 2.47. The number of halogens is 4. The number of guanidine groups is 1. The molecule has 0 aliphatic carbocycles. The summed E-state index contributed by atoms with van der Waals surface area (Å²) >= 11 is 0. The minimum Gasteiger partial charge on any atom is -0.481 e. The maximum absolute atomic E-state index is 12.1. The molecular formula is C13H20F3IN4O. The van der Waals surface area contributed by atoms with Gasteiger partial charge in [-0.1, -0.05) is 6.07 Å². The van der Waals surface area contributed by atoms with Crippen LogP contribution in [0.4, 0.5) is 13.2 Å². The number of ether oxygens (including phenoxy) is 1. The molecule has 0 amide bonds. The quantitative estimate of drug-likeness (QED) is 0.413. The Morgan fingerprint density at radius 1 is 1.32 bits per heavy atom. The number of alkyl halides is 3. The molecule has 9 heteroatoms. The Hall–Kier alpha value is -1.26. The normalized spacial score (nSPS) is 11.6. The van der Waals surface area contributed by atoms with E-state index in [4.69, 9.17) is 4.74 Å². The fourth-order valence-electron chi connectivity index (χ4n) is 1.46. The summed E-state index contributed by atoms with van der Waals surface area (Å²) in [4.78, 5) is 8.24. The zero-order chi connectivity index (χ0) is 15.7. The van der Waals surface area contributed by atoms with Crippen LogP contribution in [0.3, 0.4) is 0 Å². The Balaban J connectivity index is 0.00000441. The number of methoxy groups -OCH3 is 1. The van der Waals surface area contributed by atoms with Gasteiger partial charge in [0.2, 0.25) is 5.88 Å². The summed E-state index contributed by atoms with van der Waals surface area (Å²) in [6.45, 7) is 2.52. The minimum atomic E-state index is -4.18. The van der Waals surface area contributed by atoms with Crippen LogP contribution in [0.15, 0.2) is 23.3 Å². The lowest BCUT2D eigenvalue weighted by molar-refractivity contribution is -0.132. The van der Waals surface area contributed by atoms with E-state index >= 15 is 0 Å². The third kappa shape index (κ3) is 8.90. The van der Waals surface area contributed by atoms with Crippen LogP contribution in [0, 0.1) is 0 Å². The van der Waals surface area contributed by atoms with E-state index in [1.54, 1.807) is 18.3 Å². The molecule has 0 radical (unpaired) electrons. The number of nitrogens with zero attached hydrogens (tertiary/aromatic N) is 2. The molecule has 1 aromatic rings. The molecule has 22 heavy (non-hydrogen) atoms. The zero-order valence-electron chi connectivity index (χ0n) is 12.4. The van der Waals surface area contributed by atoms with Crippen molar-refractivity contribution in [2.24, 2.45) is 4.99 Å². The van der Waals surface area contributed by atoms with Crippen molar-refractivity contribution >= 4 is 29.9 Å². The fraction of sp³-hybridized carbons (Fsp3) is 0.538. The second-order valence-corrected chi connectivity index (χ2v) is 4.20. The first-order valence-electron chi connectivity index (χ1n) is 6.52. The average molecular weight is 432 g/mol. The van der Waals surface area contributed by atoms with E-state index in [-0.39, 0.29) is 30.5 Å². The average Bonchev–Trinajstić information content (AvgIpc) is 2.44. The van der Waals surface area contributed by atoms with Crippen LogP contribution in [0.1, 0.15) is 18.9 Å². The summed E-state index contributed by atoms with van der Waals surface area (Å²) in [5.74, 6) is 0.843. The molecule has 2 N–H and O–H groups in total. The van der Waals surface area contributed by atoms with Crippen LogP contribution in [-0.4, -0.2) is 37.3 Å². The lowest BCUT2D eigenvalue weighted by atomic mass is 10.3. The van der Waals surface area contributed by atoms with E-state index in [1.807, 2.05) is 6.92 Å². The second kappa shape index (κ2) is 10.5. The Bertz CT molecular complexity index is 452. The maximum Gasteiger partial charge on any atom is 0.390 e. The SMILES string of the molecule is CCNC(=NCc1ccc(OC)nc1)NCCC(F)(F)F.I. The number of aliphatic imine (C=N–C) groups is 1. The van der Waals surface area contributed by atoms with Crippen molar-refractivity contribution in [3.8, 4) is 5.88 Å². The molecule has 0 fully saturated rings. The van der Waals surface area contributed by atoms with Gasteiger partial charge in [-0.15, -0.1) is 24.0 Å². The van der Waals surface area contributed by atoms with E-state index in [1.165, 1.54) is 7.11 Å². The lowest BCUT2D eigenvalue weighted by Gasteiger charge is -2.12. The molecule has 0 aliphatic heterocycles.